The molecule has 4 nitrogen and oxygen atoms in total. The van der Waals surface area contributed by atoms with Crippen molar-refractivity contribution in [2.75, 3.05) is 0 Å². The molecule has 1 heterocycles. The first kappa shape index (κ1) is 6.79. The molecule has 1 aromatic heterocycles. The smallest absolute Gasteiger partial charge is 0.119 e. The van der Waals surface area contributed by atoms with E-state index in [4.69, 9.17) is 0 Å². The second-order valence-electron chi connectivity index (χ2n) is 3.03. The fraction of sp³-hybridized carbons (Fsp3) is 0.714. The number of nitrogens with zero attached hydrogens (tertiary/aromatic N) is 3. The van der Waals surface area contributed by atoms with E-state index in [1.165, 1.54) is 0 Å². The Morgan fingerprint density at radius 1 is 1.27 bits per heavy atom. The quantitative estimate of drug-likeness (QED) is 0.634. The maximum Gasteiger partial charge on any atom is 0.119 e. The van der Waals surface area contributed by atoms with Crippen molar-refractivity contribution >= 4 is 0 Å². The summed E-state index contributed by atoms with van der Waals surface area (Å²) in [4.78, 5) is 0. The molecular weight excluding hydrogens is 142 g/mol. The number of hydrogen-bond acceptors (Lipinski definition) is 3. The zero-order valence-electron chi connectivity index (χ0n) is 6.22. The van der Waals surface area contributed by atoms with Crippen molar-refractivity contribution in [3.63, 3.8) is 0 Å². The third kappa shape index (κ3) is 1.26. The molecular formula is C7H11N3O. The molecule has 1 aliphatic rings. The van der Waals surface area contributed by atoms with Crippen LogP contribution in [0.25, 0.3) is 0 Å². The lowest BCUT2D eigenvalue weighted by Crippen LogP contribution is -2.04. The van der Waals surface area contributed by atoms with Gasteiger partial charge in [-0.1, -0.05) is 0 Å². The lowest BCUT2D eigenvalue weighted by molar-refractivity contribution is 0.178. The minimum atomic E-state index is -0.123. The van der Waals surface area contributed by atoms with E-state index < -0.39 is 0 Å². The summed E-state index contributed by atoms with van der Waals surface area (Å²) in [6.07, 6.45) is 6.09. The summed E-state index contributed by atoms with van der Waals surface area (Å²) in [7, 11) is 0. The number of rotatable bonds is 1. The maximum atomic E-state index is 9.24. The van der Waals surface area contributed by atoms with Crippen LogP contribution >= 0.6 is 0 Å². The van der Waals surface area contributed by atoms with Gasteiger partial charge in [0.15, 0.2) is 0 Å². The van der Waals surface area contributed by atoms with Crippen molar-refractivity contribution in [3.8, 4) is 0 Å². The standard InChI is InChI=1S/C7H11N3O/c11-7-2-1-6(3-7)10-4-8-9-5-10/h4-7,11H,1-3H2. The van der Waals surface area contributed by atoms with E-state index in [2.05, 4.69) is 10.2 Å². The number of aliphatic hydroxyl groups is 1. The van der Waals surface area contributed by atoms with Crippen LogP contribution < -0.4 is 0 Å². The van der Waals surface area contributed by atoms with E-state index in [0.717, 1.165) is 19.3 Å². The fourth-order valence-corrected chi connectivity index (χ4v) is 1.60. The predicted molar refractivity (Wildman–Crippen MR) is 38.9 cm³/mol. The number of aromatic nitrogens is 3. The Balaban J connectivity index is 2.08. The molecule has 0 saturated heterocycles. The van der Waals surface area contributed by atoms with Gasteiger partial charge in [0.1, 0.15) is 12.7 Å². The normalized spacial score (nSPS) is 31.0. The van der Waals surface area contributed by atoms with Gasteiger partial charge in [-0.25, -0.2) is 0 Å². The minimum absolute atomic E-state index is 0.123. The van der Waals surface area contributed by atoms with Gasteiger partial charge in [0.05, 0.1) is 6.10 Å². The average Bonchev–Trinajstić information content (AvgIpc) is 2.55. The van der Waals surface area contributed by atoms with Crippen LogP contribution in [0.2, 0.25) is 0 Å². The van der Waals surface area contributed by atoms with E-state index in [9.17, 15) is 5.11 Å². The van der Waals surface area contributed by atoms with Gasteiger partial charge >= 0.3 is 0 Å². The van der Waals surface area contributed by atoms with Crippen molar-refractivity contribution in [2.24, 2.45) is 0 Å². The second-order valence-corrected chi connectivity index (χ2v) is 3.03. The van der Waals surface area contributed by atoms with Crippen LogP contribution in [0, 0.1) is 0 Å². The van der Waals surface area contributed by atoms with Crippen LogP contribution in [0.15, 0.2) is 12.7 Å². The van der Waals surface area contributed by atoms with Crippen molar-refractivity contribution in [3.05, 3.63) is 12.7 Å². The Morgan fingerprint density at radius 2 is 2.00 bits per heavy atom. The van der Waals surface area contributed by atoms with E-state index in [0.29, 0.717) is 6.04 Å². The largest absolute Gasteiger partial charge is 0.393 e. The van der Waals surface area contributed by atoms with E-state index >= 15 is 0 Å². The molecule has 1 saturated carbocycles. The fourth-order valence-electron chi connectivity index (χ4n) is 1.60. The maximum absolute atomic E-state index is 9.24. The molecule has 2 unspecified atom stereocenters. The zero-order chi connectivity index (χ0) is 7.68. The lowest BCUT2D eigenvalue weighted by atomic mass is 10.2. The Kier molecular flexibility index (Phi) is 1.62. The zero-order valence-corrected chi connectivity index (χ0v) is 6.22. The predicted octanol–water partition coefficient (Wildman–Crippen LogP) is 0.364. The number of aliphatic hydroxyl groups excluding tert-OH is 1. The molecule has 1 N–H and O–H groups in total. The highest BCUT2D eigenvalue weighted by atomic mass is 16.3. The Labute approximate surface area is 64.9 Å². The monoisotopic (exact) mass is 153 g/mol. The first-order valence-corrected chi connectivity index (χ1v) is 3.88. The molecule has 0 aromatic carbocycles. The van der Waals surface area contributed by atoms with Crippen LogP contribution in [0.4, 0.5) is 0 Å². The van der Waals surface area contributed by atoms with Crippen LogP contribution in [0.1, 0.15) is 25.3 Å². The van der Waals surface area contributed by atoms with Gasteiger partial charge in [0.2, 0.25) is 0 Å². The first-order valence-electron chi connectivity index (χ1n) is 3.88. The average molecular weight is 153 g/mol. The molecule has 2 rings (SSSR count). The van der Waals surface area contributed by atoms with Gasteiger partial charge in [0.25, 0.3) is 0 Å². The minimum Gasteiger partial charge on any atom is -0.393 e. The van der Waals surface area contributed by atoms with Gasteiger partial charge < -0.3 is 9.67 Å². The molecule has 1 aliphatic carbocycles. The van der Waals surface area contributed by atoms with Crippen LogP contribution in [0.5, 0.6) is 0 Å². The Hall–Kier alpha value is -0.900. The molecule has 11 heavy (non-hydrogen) atoms. The molecule has 60 valence electrons. The molecule has 0 spiro atoms. The molecule has 4 heteroatoms. The molecule has 1 fully saturated rings. The summed E-state index contributed by atoms with van der Waals surface area (Å²) in [5.41, 5.74) is 0. The third-order valence-electron chi connectivity index (χ3n) is 2.24. The van der Waals surface area contributed by atoms with Gasteiger partial charge in [0, 0.05) is 6.04 Å². The highest BCUT2D eigenvalue weighted by molar-refractivity contribution is 4.81. The summed E-state index contributed by atoms with van der Waals surface area (Å²) >= 11 is 0. The molecule has 1 aromatic rings. The van der Waals surface area contributed by atoms with Crippen molar-refractivity contribution in [1.82, 2.24) is 14.8 Å². The van der Waals surface area contributed by atoms with Gasteiger partial charge in [-0.2, -0.15) is 0 Å². The molecule has 0 radical (unpaired) electrons. The second kappa shape index (κ2) is 2.62. The highest BCUT2D eigenvalue weighted by Gasteiger charge is 2.23. The third-order valence-corrected chi connectivity index (χ3v) is 2.24. The van der Waals surface area contributed by atoms with Crippen molar-refractivity contribution < 1.29 is 5.11 Å². The SMILES string of the molecule is OC1CCC(n2cnnc2)C1. The van der Waals surface area contributed by atoms with E-state index in [1.54, 1.807) is 12.7 Å². The molecule has 0 amide bonds. The van der Waals surface area contributed by atoms with Crippen LogP contribution in [-0.2, 0) is 0 Å². The highest BCUT2D eigenvalue weighted by Crippen LogP contribution is 2.28. The molecule has 0 aliphatic heterocycles. The molecule has 0 bridgehead atoms. The lowest BCUT2D eigenvalue weighted by Gasteiger charge is -2.08. The van der Waals surface area contributed by atoms with Crippen molar-refractivity contribution in [2.45, 2.75) is 31.4 Å². The number of hydrogen-bond donors (Lipinski definition) is 1. The van der Waals surface area contributed by atoms with E-state index in [1.807, 2.05) is 4.57 Å². The van der Waals surface area contributed by atoms with E-state index in [-0.39, 0.29) is 6.10 Å². The van der Waals surface area contributed by atoms with Crippen molar-refractivity contribution in [1.29, 1.82) is 0 Å². The van der Waals surface area contributed by atoms with Crippen LogP contribution in [0.3, 0.4) is 0 Å². The Bertz CT molecular complexity index is 222. The van der Waals surface area contributed by atoms with Gasteiger partial charge in [-0.3, -0.25) is 0 Å². The summed E-state index contributed by atoms with van der Waals surface area (Å²) in [6.45, 7) is 0. The van der Waals surface area contributed by atoms with Gasteiger partial charge in [-0.05, 0) is 19.3 Å². The van der Waals surface area contributed by atoms with Gasteiger partial charge in [-0.15, -0.1) is 10.2 Å². The topological polar surface area (TPSA) is 50.9 Å². The first-order chi connectivity index (χ1) is 5.36. The molecule has 2 atom stereocenters. The summed E-state index contributed by atoms with van der Waals surface area (Å²) in [6, 6.07) is 0.417. The summed E-state index contributed by atoms with van der Waals surface area (Å²) in [5.74, 6) is 0. The van der Waals surface area contributed by atoms with Crippen LogP contribution in [-0.4, -0.2) is 26.0 Å². The summed E-state index contributed by atoms with van der Waals surface area (Å²) < 4.78 is 1.97. The Morgan fingerprint density at radius 3 is 2.55 bits per heavy atom. The summed E-state index contributed by atoms with van der Waals surface area (Å²) in [5, 5.41) is 16.7.